The molecule has 28 nitrogen and oxygen atoms in total. The van der Waals surface area contributed by atoms with Crippen LogP contribution in [-0.4, -0.2) is 159 Å². The summed E-state index contributed by atoms with van der Waals surface area (Å²) in [4.78, 5) is 111. The van der Waals surface area contributed by atoms with E-state index >= 15 is 0 Å². The van der Waals surface area contributed by atoms with Crippen LogP contribution in [0.25, 0.3) is 133 Å². The first-order valence-electron chi connectivity index (χ1n) is 38.8. The molecule has 0 aliphatic carbocycles. The number of amides is 2. The first-order valence-corrected chi connectivity index (χ1v) is 43.1. The number of likely N-dealkylation sites (tertiary alicyclic amines) is 1. The molecular weight excluding hydrogens is 1680 g/mol. The second kappa shape index (κ2) is 39.4. The summed E-state index contributed by atoms with van der Waals surface area (Å²) in [5.74, 6) is 3.39. The van der Waals surface area contributed by atoms with Gasteiger partial charge in [-0.15, -0.1) is 20.4 Å². The summed E-state index contributed by atoms with van der Waals surface area (Å²) in [5, 5.41) is 75.1. The summed E-state index contributed by atoms with van der Waals surface area (Å²) in [6.45, 7) is 8.48. The SMILES string of the molecule is CC(=O)CSc1n[nH]c(-c2cc(-c3cc(Cl)c4ccccc4c3)cc([N+](=O)[O-])c2)n1.CC(=O)CSc1n[nH]c(-c2cc(-c3ccc4cc(C)ccc4c3)cc([N+](=O)[O-])c2)n1.CC(=O)CSc1n[nH]c(-c2cc(NC(=O)C3CC(=O)N(C)C3)cc(-c3ccc4ccccc4c3)c2)n1.COc1ccc2cc(-c3ccc(O)c(-c4nc(SCC(C)=O)n[nH]4)c3)ccc2c1. The molecule has 1 saturated heterocycles. The molecule has 0 radical (unpaired) electrons. The first kappa shape index (κ1) is 87.3. The third-order valence-corrected chi connectivity index (χ3v) is 23.9. The zero-order valence-electron chi connectivity index (χ0n) is 68.1. The molecule has 0 saturated carbocycles. The molecule has 2 amide bonds. The highest BCUT2D eigenvalue weighted by Crippen LogP contribution is 2.40. The number of fused-ring (bicyclic) bond motifs is 4. The predicted octanol–water partition coefficient (Wildman–Crippen LogP) is 19.8. The van der Waals surface area contributed by atoms with E-state index in [2.05, 4.69) is 102 Å². The van der Waals surface area contributed by atoms with Crippen molar-refractivity contribution in [2.24, 2.45) is 5.92 Å². The predicted molar refractivity (Wildman–Crippen MR) is 490 cm³/mol. The van der Waals surface area contributed by atoms with Crippen LogP contribution in [0.3, 0.4) is 0 Å². The average Bonchev–Trinajstić information content (AvgIpc) is 1.77. The Bertz CT molecular complexity index is 6880. The number of nitrogens with zero attached hydrogens (tertiary/aromatic N) is 11. The van der Waals surface area contributed by atoms with Gasteiger partial charge in [-0.2, -0.15) is 0 Å². The largest absolute Gasteiger partial charge is 0.507 e. The van der Waals surface area contributed by atoms with Crippen molar-refractivity contribution in [2.75, 3.05) is 49.0 Å². The number of thioether (sulfide) groups is 4. The van der Waals surface area contributed by atoms with Gasteiger partial charge in [0.05, 0.1) is 51.4 Å². The number of rotatable bonds is 25. The van der Waals surface area contributed by atoms with Crippen molar-refractivity contribution >= 4 is 154 Å². The number of nitrogens with one attached hydrogen (secondary N) is 5. The molecule has 1 aliphatic heterocycles. The number of aromatic amines is 4. The van der Waals surface area contributed by atoms with Crippen LogP contribution in [0.15, 0.2) is 245 Å². The third-order valence-electron chi connectivity index (χ3n) is 19.7. The number of phenolic OH excluding ortho intramolecular Hbond substituents is 1. The fourth-order valence-corrected chi connectivity index (χ4v) is 16.2. The summed E-state index contributed by atoms with van der Waals surface area (Å²) < 4.78 is 5.28. The van der Waals surface area contributed by atoms with Gasteiger partial charge in [0, 0.05) is 77.1 Å². The van der Waals surface area contributed by atoms with E-state index in [9.17, 15) is 54.1 Å². The number of ketones is 4. The number of H-pyrrole nitrogens is 4. The van der Waals surface area contributed by atoms with Crippen LogP contribution in [0.4, 0.5) is 17.1 Å². The average molecular weight is 1760 g/mol. The van der Waals surface area contributed by atoms with Crippen molar-refractivity contribution in [2.45, 2.75) is 61.7 Å². The lowest BCUT2D eigenvalue weighted by molar-refractivity contribution is -0.384. The van der Waals surface area contributed by atoms with Gasteiger partial charge in [-0.3, -0.25) is 69.4 Å². The van der Waals surface area contributed by atoms with Crippen LogP contribution < -0.4 is 10.1 Å². The van der Waals surface area contributed by atoms with Crippen LogP contribution in [0, 0.1) is 33.1 Å². The minimum Gasteiger partial charge on any atom is -0.507 e. The summed E-state index contributed by atoms with van der Waals surface area (Å²) in [6.07, 6.45) is 0.207. The summed E-state index contributed by atoms with van der Waals surface area (Å²) in [7, 11) is 3.36. The van der Waals surface area contributed by atoms with Gasteiger partial charge in [0.1, 0.15) is 34.6 Å². The number of anilines is 1. The van der Waals surface area contributed by atoms with Crippen LogP contribution >= 0.6 is 58.6 Å². The van der Waals surface area contributed by atoms with Gasteiger partial charge in [-0.1, -0.05) is 179 Å². The van der Waals surface area contributed by atoms with Gasteiger partial charge >= 0.3 is 0 Å². The van der Waals surface area contributed by atoms with Gasteiger partial charge < -0.3 is 20.1 Å². The van der Waals surface area contributed by atoms with Crippen molar-refractivity contribution in [3.8, 4) is 102 Å². The van der Waals surface area contributed by atoms with E-state index in [-0.39, 0.29) is 70.0 Å². The van der Waals surface area contributed by atoms with E-state index < -0.39 is 15.8 Å². The zero-order chi connectivity index (χ0) is 88.1. The highest BCUT2D eigenvalue weighted by atomic mass is 35.5. The van der Waals surface area contributed by atoms with Gasteiger partial charge in [0.2, 0.25) is 32.4 Å². The molecule has 6 N–H and O–H groups in total. The van der Waals surface area contributed by atoms with Crippen LogP contribution in [0.5, 0.6) is 11.5 Å². The molecular formula is C92H77ClN16O12S4. The summed E-state index contributed by atoms with van der Waals surface area (Å²) >= 11 is 11.4. The fraction of sp³-hybridized carbons (Fsp3) is 0.152. The van der Waals surface area contributed by atoms with Gasteiger partial charge in [-0.05, 0) is 202 Å². The lowest BCUT2D eigenvalue weighted by Crippen LogP contribution is -2.25. The number of ether oxygens (including phenoxy) is 1. The van der Waals surface area contributed by atoms with E-state index in [1.54, 1.807) is 43.3 Å². The monoisotopic (exact) mass is 1760 g/mol. The van der Waals surface area contributed by atoms with Crippen molar-refractivity contribution < 1.29 is 48.5 Å². The molecule has 628 valence electrons. The molecule has 17 rings (SSSR count). The van der Waals surface area contributed by atoms with Gasteiger partial charge in [0.15, 0.2) is 23.3 Å². The minimum atomic E-state index is -0.447. The van der Waals surface area contributed by atoms with E-state index in [1.165, 1.54) is 98.5 Å². The Morgan fingerprint density at radius 3 is 1.36 bits per heavy atom. The number of halogens is 1. The number of aromatic hydroxyl groups is 1. The number of Topliss-reactive ketones (excluding diaryl/α,β-unsaturated/α-hetero) is 4. The van der Waals surface area contributed by atoms with E-state index in [1.807, 2.05) is 153 Å². The van der Waals surface area contributed by atoms with Crippen molar-refractivity contribution in [1.29, 1.82) is 0 Å². The van der Waals surface area contributed by atoms with Crippen molar-refractivity contribution in [3.63, 3.8) is 0 Å². The van der Waals surface area contributed by atoms with Crippen LogP contribution in [0.1, 0.15) is 39.7 Å². The number of phenols is 1. The van der Waals surface area contributed by atoms with Gasteiger partial charge in [0.25, 0.3) is 11.4 Å². The fourth-order valence-electron chi connectivity index (χ4n) is 13.5. The molecule has 4 aromatic heterocycles. The third kappa shape index (κ3) is 22.3. The number of aryl methyl sites for hydroxylation is 1. The van der Waals surface area contributed by atoms with Crippen molar-refractivity contribution in [3.05, 3.63) is 255 Å². The molecule has 1 aliphatic rings. The number of nitro benzene ring substituents is 2. The molecule has 0 spiro atoms. The summed E-state index contributed by atoms with van der Waals surface area (Å²) in [6, 6.07) is 70.9. The van der Waals surface area contributed by atoms with Crippen LogP contribution in [0.2, 0.25) is 5.02 Å². The molecule has 33 heteroatoms. The Kier molecular flexibility index (Phi) is 27.5. The molecule has 1 atom stereocenters. The highest BCUT2D eigenvalue weighted by molar-refractivity contribution is 8.00. The van der Waals surface area contributed by atoms with Crippen molar-refractivity contribution in [1.82, 2.24) is 65.6 Å². The lowest BCUT2D eigenvalue weighted by atomic mass is 9.98. The lowest BCUT2D eigenvalue weighted by Gasteiger charge is -2.14. The molecule has 1 fully saturated rings. The minimum absolute atomic E-state index is 0.0113. The number of methoxy groups -OCH3 is 1. The normalized spacial score (nSPS) is 12.3. The van der Waals surface area contributed by atoms with E-state index in [0.29, 0.717) is 94.9 Å². The number of hydrogen-bond donors (Lipinski definition) is 6. The first-order chi connectivity index (χ1) is 60.2. The van der Waals surface area contributed by atoms with E-state index in [0.717, 1.165) is 93.3 Å². The number of non-ortho nitro benzene ring substituents is 2. The zero-order valence-corrected chi connectivity index (χ0v) is 72.1. The maximum atomic E-state index is 13.0. The Labute approximate surface area is 736 Å². The number of carbonyl (C=O) groups is 6. The molecule has 1 unspecified atom stereocenters. The number of nitro groups is 2. The number of hydrogen-bond acceptors (Lipinski definition) is 24. The number of aromatic nitrogens is 12. The summed E-state index contributed by atoms with van der Waals surface area (Å²) in [5.41, 5.74) is 10.9. The Balaban J connectivity index is 0.000000136. The highest BCUT2D eigenvalue weighted by Gasteiger charge is 2.33. The quantitative estimate of drug-likeness (QED) is 0.0176. The topological polar surface area (TPSA) is 400 Å². The second-order valence-corrected chi connectivity index (χ2v) is 33.5. The molecule has 5 heterocycles. The smallest absolute Gasteiger partial charge is 0.270 e. The Morgan fingerprint density at radius 1 is 0.464 bits per heavy atom. The standard InChI is InChI=1S/C27H25N5O3S.C22H18N4O3S.C22H19N3O3S.C21H15ClN4O3S/c1-16(33)15-36-27-29-25(30-31-27)21-10-20(19-8-7-17-5-3-4-6-18(17)9-19)11-23(12-21)28-26(35)22-13-24(34)32(2)14-22;1-13-3-4-16-8-17(6-5-15(16)7-13)18-9-19(11-20(10-18)26(28)29)21-23-22(25-24-21)30-12-14(2)27;1-13(26)12-29-22-23-21(24-25-22)19-11-17(6-8-20(19)27)14-3-4-16-10-18(28-2)7-5-15(16)9-14;1-12(27)11-30-21-23-20(24-25-21)16-7-14(8-17(9-16)26(28)29)15-6-13-4-2-3-5-18(13)19(22)10-15/h3-12,22H,13-15H2,1-2H3,(H,28,35)(H,29,30,31);3-11H,12H2,1-2H3,(H,23,24,25);3-11,27H,12H2,1-2H3,(H,23,24,25);2-10H,11H2,1H3,(H,23,24,25). The Hall–Kier alpha value is -14.1. The van der Waals surface area contributed by atoms with Crippen LogP contribution in [-0.2, 0) is 28.8 Å². The molecule has 16 aromatic rings. The number of benzene rings is 12. The maximum absolute atomic E-state index is 13.0. The van der Waals surface area contributed by atoms with E-state index in [4.69, 9.17) is 16.3 Å². The Morgan fingerprint density at radius 2 is 0.848 bits per heavy atom. The number of carbonyl (C=O) groups excluding carboxylic acids is 6. The molecule has 125 heavy (non-hydrogen) atoms. The second-order valence-electron chi connectivity index (χ2n) is 29.3. The van der Waals surface area contributed by atoms with Gasteiger partial charge in [-0.25, -0.2) is 19.9 Å². The maximum Gasteiger partial charge on any atom is 0.270 e. The molecule has 0 bridgehead atoms. The molecule has 12 aromatic carbocycles.